The third-order valence-electron chi connectivity index (χ3n) is 4.05. The Morgan fingerprint density at radius 1 is 1.31 bits per heavy atom. The van der Waals surface area contributed by atoms with Gasteiger partial charge in [0.1, 0.15) is 6.04 Å². The van der Waals surface area contributed by atoms with E-state index in [9.17, 15) is 14.4 Å². The number of H-pyrrole nitrogens is 1. The van der Waals surface area contributed by atoms with E-state index in [-0.39, 0.29) is 18.9 Å². The van der Waals surface area contributed by atoms with Gasteiger partial charge in [0.2, 0.25) is 5.91 Å². The van der Waals surface area contributed by atoms with Crippen LogP contribution in [0.4, 0.5) is 4.79 Å². The highest BCUT2D eigenvalue weighted by atomic mass is 35.5. The molecule has 1 atom stereocenters. The number of aromatic nitrogens is 2. The van der Waals surface area contributed by atoms with Crippen molar-refractivity contribution in [2.75, 3.05) is 6.54 Å². The predicted molar refractivity (Wildman–Crippen MR) is 94.2 cm³/mol. The number of carbonyl (C=O) groups excluding carboxylic acids is 3. The number of imide groups is 1. The number of hydrogen-bond acceptors (Lipinski definition) is 4. The van der Waals surface area contributed by atoms with Crippen molar-refractivity contribution in [3.05, 3.63) is 53.1 Å². The fraction of sp³-hybridized carbons (Fsp3) is 0.294. The molecule has 2 heterocycles. The number of imidazole rings is 1. The van der Waals surface area contributed by atoms with Crippen LogP contribution >= 0.6 is 11.6 Å². The lowest BCUT2D eigenvalue weighted by atomic mass is 10.1. The lowest BCUT2D eigenvalue weighted by Crippen LogP contribution is -2.37. The van der Waals surface area contributed by atoms with Crippen LogP contribution in [-0.2, 0) is 22.6 Å². The zero-order chi connectivity index (χ0) is 18.5. The van der Waals surface area contributed by atoms with Crippen molar-refractivity contribution in [2.24, 2.45) is 0 Å². The first-order valence-corrected chi connectivity index (χ1v) is 8.51. The van der Waals surface area contributed by atoms with Crippen LogP contribution in [0.5, 0.6) is 0 Å². The fourth-order valence-electron chi connectivity index (χ4n) is 2.68. The van der Waals surface area contributed by atoms with Crippen molar-refractivity contribution >= 4 is 29.4 Å². The van der Waals surface area contributed by atoms with E-state index in [1.165, 1.54) is 0 Å². The zero-order valence-electron chi connectivity index (χ0n) is 13.9. The van der Waals surface area contributed by atoms with Gasteiger partial charge in [-0.25, -0.2) is 9.78 Å². The molecule has 8 nitrogen and oxygen atoms in total. The van der Waals surface area contributed by atoms with Gasteiger partial charge in [-0.1, -0.05) is 29.8 Å². The van der Waals surface area contributed by atoms with E-state index in [1.54, 1.807) is 36.8 Å². The maximum Gasteiger partial charge on any atom is 0.325 e. The van der Waals surface area contributed by atoms with Crippen molar-refractivity contribution in [3.63, 3.8) is 0 Å². The molecule has 0 bridgehead atoms. The van der Waals surface area contributed by atoms with Crippen molar-refractivity contribution < 1.29 is 14.4 Å². The molecule has 1 aromatic carbocycles. The summed E-state index contributed by atoms with van der Waals surface area (Å²) < 4.78 is 0. The molecular formula is C17H18ClN5O3. The molecular weight excluding hydrogens is 358 g/mol. The average molecular weight is 376 g/mol. The summed E-state index contributed by atoms with van der Waals surface area (Å²) in [6.07, 6.45) is 3.75. The molecule has 2 aromatic rings. The first kappa shape index (κ1) is 17.9. The number of urea groups is 1. The van der Waals surface area contributed by atoms with E-state index < -0.39 is 18.0 Å². The Hall–Kier alpha value is -2.87. The molecule has 0 aliphatic carbocycles. The van der Waals surface area contributed by atoms with E-state index in [0.717, 1.165) is 10.6 Å². The number of benzene rings is 1. The number of nitrogens with one attached hydrogen (secondary N) is 3. The monoisotopic (exact) mass is 375 g/mol. The second kappa shape index (κ2) is 8.01. The molecule has 0 radical (unpaired) electrons. The fourth-order valence-corrected chi connectivity index (χ4v) is 2.87. The van der Waals surface area contributed by atoms with Crippen LogP contribution in [-0.4, -0.2) is 45.3 Å². The number of rotatable bonds is 7. The largest absolute Gasteiger partial charge is 0.356 e. The summed E-state index contributed by atoms with van der Waals surface area (Å²) >= 11 is 6.08. The Labute approximate surface area is 154 Å². The summed E-state index contributed by atoms with van der Waals surface area (Å²) in [6.45, 7) is 0.488. The molecule has 1 aliphatic heterocycles. The lowest BCUT2D eigenvalue weighted by molar-refractivity contribution is -0.131. The molecule has 3 N–H and O–H groups in total. The van der Waals surface area contributed by atoms with E-state index >= 15 is 0 Å². The highest BCUT2D eigenvalue weighted by Gasteiger charge is 2.39. The summed E-state index contributed by atoms with van der Waals surface area (Å²) in [5, 5.41) is 5.75. The van der Waals surface area contributed by atoms with Crippen LogP contribution in [0.15, 0.2) is 36.8 Å². The van der Waals surface area contributed by atoms with Crippen LogP contribution in [0.2, 0.25) is 5.02 Å². The minimum Gasteiger partial charge on any atom is -0.356 e. The molecule has 0 saturated carbocycles. The number of aromatic amines is 1. The molecule has 26 heavy (non-hydrogen) atoms. The lowest BCUT2D eigenvalue weighted by Gasteiger charge is -2.14. The SMILES string of the molecule is O=C(CC1NC(=O)N(Cc2ccccc2Cl)C1=O)NCCc1cnc[nH]1. The Bertz CT molecular complexity index is 808. The van der Waals surface area contributed by atoms with E-state index in [1.807, 2.05) is 0 Å². The highest BCUT2D eigenvalue weighted by Crippen LogP contribution is 2.20. The molecule has 1 saturated heterocycles. The van der Waals surface area contributed by atoms with E-state index in [0.29, 0.717) is 23.6 Å². The van der Waals surface area contributed by atoms with Gasteiger partial charge in [-0.15, -0.1) is 0 Å². The standard InChI is InChI=1S/C17H18ClN5O3/c18-13-4-2-1-3-11(13)9-23-16(25)14(22-17(23)26)7-15(24)20-6-5-12-8-19-10-21-12/h1-4,8,10,14H,5-7,9H2,(H,19,21)(H,20,24)(H,22,26). The van der Waals surface area contributed by atoms with Crippen LogP contribution in [0.1, 0.15) is 17.7 Å². The Morgan fingerprint density at radius 3 is 2.85 bits per heavy atom. The van der Waals surface area contributed by atoms with Crippen LogP contribution in [0.3, 0.4) is 0 Å². The number of nitrogens with zero attached hydrogens (tertiary/aromatic N) is 2. The van der Waals surface area contributed by atoms with Gasteiger partial charge in [0.15, 0.2) is 0 Å². The second-order valence-corrected chi connectivity index (χ2v) is 6.31. The van der Waals surface area contributed by atoms with E-state index in [2.05, 4.69) is 20.6 Å². The zero-order valence-corrected chi connectivity index (χ0v) is 14.6. The van der Waals surface area contributed by atoms with Gasteiger partial charge < -0.3 is 15.6 Å². The molecule has 4 amide bonds. The Kier molecular flexibility index (Phi) is 5.52. The van der Waals surface area contributed by atoms with Gasteiger partial charge in [0, 0.05) is 29.9 Å². The first-order chi connectivity index (χ1) is 12.5. The van der Waals surface area contributed by atoms with Gasteiger partial charge in [-0.2, -0.15) is 0 Å². The second-order valence-electron chi connectivity index (χ2n) is 5.90. The minimum absolute atomic E-state index is 0.0717. The molecule has 0 spiro atoms. The van der Waals surface area contributed by atoms with Crippen molar-refractivity contribution in [1.29, 1.82) is 0 Å². The van der Waals surface area contributed by atoms with Crippen LogP contribution in [0, 0.1) is 0 Å². The maximum atomic E-state index is 12.4. The van der Waals surface area contributed by atoms with E-state index in [4.69, 9.17) is 11.6 Å². The van der Waals surface area contributed by atoms with Crippen molar-refractivity contribution in [1.82, 2.24) is 25.5 Å². The smallest absolute Gasteiger partial charge is 0.325 e. The quantitative estimate of drug-likeness (QED) is 0.632. The average Bonchev–Trinajstić information content (AvgIpc) is 3.21. The van der Waals surface area contributed by atoms with Gasteiger partial charge in [0.25, 0.3) is 5.91 Å². The molecule has 1 aromatic heterocycles. The van der Waals surface area contributed by atoms with Gasteiger partial charge in [0.05, 0.1) is 19.3 Å². The molecule has 136 valence electrons. The predicted octanol–water partition coefficient (Wildman–Crippen LogP) is 1.23. The molecule has 1 fully saturated rings. The number of carbonyl (C=O) groups is 3. The number of amides is 4. The maximum absolute atomic E-state index is 12.4. The normalized spacial score (nSPS) is 16.7. The first-order valence-electron chi connectivity index (χ1n) is 8.14. The minimum atomic E-state index is -0.864. The highest BCUT2D eigenvalue weighted by molar-refractivity contribution is 6.31. The summed E-state index contributed by atoms with van der Waals surface area (Å²) in [4.78, 5) is 44.4. The van der Waals surface area contributed by atoms with Gasteiger partial charge in [-0.3, -0.25) is 14.5 Å². The summed E-state index contributed by atoms with van der Waals surface area (Å²) in [7, 11) is 0. The number of hydrogen-bond donors (Lipinski definition) is 3. The molecule has 1 aliphatic rings. The topological polar surface area (TPSA) is 107 Å². The van der Waals surface area contributed by atoms with Gasteiger partial charge >= 0.3 is 6.03 Å². The summed E-state index contributed by atoms with van der Waals surface area (Å²) in [5.74, 6) is -0.735. The number of halogens is 1. The molecule has 9 heteroatoms. The summed E-state index contributed by atoms with van der Waals surface area (Å²) in [5.41, 5.74) is 1.57. The Morgan fingerprint density at radius 2 is 2.12 bits per heavy atom. The third kappa shape index (κ3) is 4.20. The molecule has 3 rings (SSSR count). The Balaban J connectivity index is 1.51. The van der Waals surface area contributed by atoms with Crippen LogP contribution < -0.4 is 10.6 Å². The summed E-state index contributed by atoms with van der Waals surface area (Å²) in [6, 6.07) is 5.61. The molecule has 1 unspecified atom stereocenters. The van der Waals surface area contributed by atoms with Crippen molar-refractivity contribution in [3.8, 4) is 0 Å². The third-order valence-corrected chi connectivity index (χ3v) is 4.42. The van der Waals surface area contributed by atoms with Crippen molar-refractivity contribution in [2.45, 2.75) is 25.4 Å². The van der Waals surface area contributed by atoms with Crippen LogP contribution in [0.25, 0.3) is 0 Å². The van der Waals surface area contributed by atoms with Gasteiger partial charge in [-0.05, 0) is 11.6 Å².